The second-order valence-corrected chi connectivity index (χ2v) is 17.1. The van der Waals surface area contributed by atoms with Gasteiger partial charge in [-0.3, -0.25) is 0 Å². The van der Waals surface area contributed by atoms with Gasteiger partial charge in [0.25, 0.3) is 0 Å². The van der Waals surface area contributed by atoms with Crippen LogP contribution in [0.1, 0.15) is 93.5 Å². The number of hydrogen-bond donors (Lipinski definition) is 0. The zero-order valence-electron chi connectivity index (χ0n) is 31.7. The molecule has 3 aliphatic rings. The first-order chi connectivity index (χ1) is 26.3. The molecule has 3 aliphatic carbocycles. The van der Waals surface area contributed by atoms with Crippen LogP contribution >= 0.6 is 0 Å². The Hall–Kier alpha value is -5.60. The van der Waals surface area contributed by atoms with Crippen molar-refractivity contribution >= 4 is 49.8 Å². The molecule has 264 valence electrons. The first-order valence-corrected chi connectivity index (χ1v) is 20.0. The van der Waals surface area contributed by atoms with Gasteiger partial charge in [-0.2, -0.15) is 0 Å². The van der Waals surface area contributed by atoms with Crippen molar-refractivity contribution in [3.8, 4) is 22.3 Å². The highest BCUT2D eigenvalue weighted by Crippen LogP contribution is 2.58. The Morgan fingerprint density at radius 3 is 1.98 bits per heavy atom. The van der Waals surface area contributed by atoms with Crippen molar-refractivity contribution in [3.63, 3.8) is 0 Å². The maximum absolute atomic E-state index is 6.69. The molecule has 0 spiro atoms. The van der Waals surface area contributed by atoms with Crippen LogP contribution in [0, 0.1) is 0 Å². The summed E-state index contributed by atoms with van der Waals surface area (Å²) in [6, 6.07) is 50.2. The highest BCUT2D eigenvalue weighted by molar-refractivity contribution is 6.10. The second kappa shape index (κ2) is 11.5. The Balaban J connectivity index is 1.07. The lowest BCUT2D eigenvalue weighted by Crippen LogP contribution is -2.18. The third kappa shape index (κ3) is 4.46. The van der Waals surface area contributed by atoms with Crippen molar-refractivity contribution in [2.24, 2.45) is 0 Å². The van der Waals surface area contributed by atoms with Gasteiger partial charge < -0.3 is 9.32 Å². The Morgan fingerprint density at radius 2 is 1.17 bits per heavy atom. The number of fused-ring (bicyclic) bond motifs is 11. The molecule has 1 heterocycles. The van der Waals surface area contributed by atoms with Crippen LogP contribution in [0.25, 0.3) is 55.0 Å². The molecule has 2 nitrogen and oxygen atoms in total. The number of furan rings is 1. The number of benzene rings is 7. The van der Waals surface area contributed by atoms with Gasteiger partial charge in [-0.1, -0.05) is 132 Å². The van der Waals surface area contributed by atoms with Crippen LogP contribution in [-0.2, 0) is 10.8 Å². The Morgan fingerprint density at radius 1 is 0.519 bits per heavy atom. The molecule has 0 bridgehead atoms. The van der Waals surface area contributed by atoms with E-state index in [0.29, 0.717) is 5.92 Å². The number of para-hydroxylation sites is 2. The third-order valence-corrected chi connectivity index (χ3v) is 13.4. The summed E-state index contributed by atoms with van der Waals surface area (Å²) in [7, 11) is 0. The molecule has 0 atom stereocenters. The minimum Gasteiger partial charge on any atom is -0.454 e. The van der Waals surface area contributed by atoms with E-state index < -0.39 is 0 Å². The molecule has 1 fully saturated rings. The molecule has 0 N–H and O–H groups in total. The molecule has 0 saturated heterocycles. The van der Waals surface area contributed by atoms with Crippen LogP contribution in [0.5, 0.6) is 0 Å². The molecule has 0 unspecified atom stereocenters. The predicted octanol–water partition coefficient (Wildman–Crippen LogP) is 14.9. The molecule has 7 aromatic carbocycles. The van der Waals surface area contributed by atoms with E-state index in [-0.39, 0.29) is 10.8 Å². The van der Waals surface area contributed by atoms with E-state index in [9.17, 15) is 0 Å². The van der Waals surface area contributed by atoms with Crippen LogP contribution in [-0.4, -0.2) is 0 Å². The SMILES string of the molecule is CC1(C)c2cc(N(c3ccc(C4CCCCC4)cc3)c3cccc4c3oc3ccccc34)ccc2-c2cc3c(cc21)-c1ccc2ccccc2c1C3(C)C. The smallest absolute Gasteiger partial charge is 0.159 e. The Bertz CT molecular complexity index is 2810. The number of anilines is 3. The van der Waals surface area contributed by atoms with Gasteiger partial charge in [0.1, 0.15) is 5.58 Å². The number of hydrogen-bond acceptors (Lipinski definition) is 2. The van der Waals surface area contributed by atoms with E-state index in [4.69, 9.17) is 4.42 Å². The fourth-order valence-electron chi connectivity index (χ4n) is 10.6. The highest BCUT2D eigenvalue weighted by Gasteiger charge is 2.42. The largest absolute Gasteiger partial charge is 0.454 e. The molecule has 0 radical (unpaired) electrons. The van der Waals surface area contributed by atoms with Crippen molar-refractivity contribution in [1.29, 1.82) is 0 Å². The van der Waals surface area contributed by atoms with E-state index in [1.165, 1.54) is 92.9 Å². The standard InChI is InChI=1S/C52H45NO/c1-51(2)44-29-36(26-28-38(44)42-30-46-43(31-45(42)51)40-27-23-34-15-8-9-16-37(34)49(40)52(46,3)4)53(35-24-21-33(22-25-35)32-13-6-5-7-14-32)47-19-12-18-41-39-17-10-11-20-48(39)54-50(41)47/h8-12,15-32H,5-7,13-14H2,1-4H3. The van der Waals surface area contributed by atoms with E-state index in [2.05, 4.69) is 166 Å². The zero-order chi connectivity index (χ0) is 36.3. The normalized spacial score (nSPS) is 16.7. The minimum atomic E-state index is -0.179. The van der Waals surface area contributed by atoms with Gasteiger partial charge in [-0.05, 0) is 128 Å². The maximum Gasteiger partial charge on any atom is 0.159 e. The fourth-order valence-corrected chi connectivity index (χ4v) is 10.6. The lowest BCUT2D eigenvalue weighted by Gasteiger charge is -2.29. The average molecular weight is 700 g/mol. The molecular formula is C52H45NO. The first-order valence-electron chi connectivity index (χ1n) is 20.0. The van der Waals surface area contributed by atoms with Gasteiger partial charge in [0.15, 0.2) is 5.58 Å². The van der Waals surface area contributed by atoms with E-state index >= 15 is 0 Å². The molecule has 0 aliphatic heterocycles. The van der Waals surface area contributed by atoms with Gasteiger partial charge in [0.05, 0.1) is 5.69 Å². The molecular weight excluding hydrogens is 655 g/mol. The first kappa shape index (κ1) is 31.9. The summed E-state index contributed by atoms with van der Waals surface area (Å²) in [5.74, 6) is 0.664. The summed E-state index contributed by atoms with van der Waals surface area (Å²) in [6.07, 6.45) is 6.63. The molecule has 2 heteroatoms. The molecule has 11 rings (SSSR count). The van der Waals surface area contributed by atoms with Crippen molar-refractivity contribution in [2.45, 2.75) is 76.5 Å². The monoisotopic (exact) mass is 699 g/mol. The maximum atomic E-state index is 6.69. The van der Waals surface area contributed by atoms with Crippen LogP contribution in [0.3, 0.4) is 0 Å². The third-order valence-electron chi connectivity index (χ3n) is 13.4. The minimum absolute atomic E-state index is 0.0980. The molecule has 0 amide bonds. The van der Waals surface area contributed by atoms with Gasteiger partial charge >= 0.3 is 0 Å². The summed E-state index contributed by atoms with van der Waals surface area (Å²) < 4.78 is 6.69. The van der Waals surface area contributed by atoms with Crippen molar-refractivity contribution in [3.05, 3.63) is 161 Å². The lowest BCUT2D eigenvalue weighted by atomic mass is 9.78. The van der Waals surface area contributed by atoms with Crippen LogP contribution in [0.4, 0.5) is 17.1 Å². The lowest BCUT2D eigenvalue weighted by molar-refractivity contribution is 0.443. The zero-order valence-corrected chi connectivity index (χ0v) is 31.7. The Kier molecular flexibility index (Phi) is 6.76. The fraction of sp³-hybridized carbons (Fsp3) is 0.231. The molecule has 1 saturated carbocycles. The van der Waals surface area contributed by atoms with Crippen molar-refractivity contribution < 1.29 is 4.42 Å². The van der Waals surface area contributed by atoms with Crippen molar-refractivity contribution in [2.75, 3.05) is 4.90 Å². The highest BCUT2D eigenvalue weighted by atomic mass is 16.3. The summed E-state index contributed by atoms with van der Waals surface area (Å²) in [4.78, 5) is 2.43. The summed E-state index contributed by atoms with van der Waals surface area (Å²) in [5, 5.41) is 4.98. The van der Waals surface area contributed by atoms with Gasteiger partial charge in [0, 0.05) is 33.0 Å². The van der Waals surface area contributed by atoms with E-state index in [0.717, 1.165) is 39.0 Å². The van der Waals surface area contributed by atoms with Crippen LogP contribution < -0.4 is 4.90 Å². The molecule has 1 aromatic heterocycles. The quantitative estimate of drug-likeness (QED) is 0.182. The number of nitrogens with zero attached hydrogens (tertiary/aromatic N) is 1. The van der Waals surface area contributed by atoms with Crippen LogP contribution in [0.2, 0.25) is 0 Å². The predicted molar refractivity (Wildman–Crippen MR) is 227 cm³/mol. The summed E-state index contributed by atoms with van der Waals surface area (Å²) in [6.45, 7) is 9.66. The average Bonchev–Trinajstić information content (AvgIpc) is 3.78. The summed E-state index contributed by atoms with van der Waals surface area (Å²) >= 11 is 0. The van der Waals surface area contributed by atoms with Crippen LogP contribution in [0.15, 0.2) is 138 Å². The summed E-state index contributed by atoms with van der Waals surface area (Å²) in [5.41, 5.74) is 17.5. The van der Waals surface area contributed by atoms with E-state index in [1.54, 1.807) is 0 Å². The van der Waals surface area contributed by atoms with Gasteiger partial charge in [-0.25, -0.2) is 0 Å². The second-order valence-electron chi connectivity index (χ2n) is 17.1. The Labute approximate surface area is 318 Å². The molecule has 54 heavy (non-hydrogen) atoms. The van der Waals surface area contributed by atoms with Gasteiger partial charge in [0.2, 0.25) is 0 Å². The van der Waals surface area contributed by atoms with E-state index in [1.807, 2.05) is 0 Å². The van der Waals surface area contributed by atoms with Crippen molar-refractivity contribution in [1.82, 2.24) is 0 Å². The van der Waals surface area contributed by atoms with Gasteiger partial charge in [-0.15, -0.1) is 0 Å². The topological polar surface area (TPSA) is 16.4 Å². The number of rotatable bonds is 4. The molecule has 8 aromatic rings.